The zero-order chi connectivity index (χ0) is 19.7. The summed E-state index contributed by atoms with van der Waals surface area (Å²) in [6.07, 6.45) is -0.859. The highest BCUT2D eigenvalue weighted by molar-refractivity contribution is 6.46. The molecule has 0 aliphatic carbocycles. The number of hydrogen-bond acceptors (Lipinski definition) is 5. The second kappa shape index (κ2) is 7.25. The number of phenols is 1. The second-order valence-corrected chi connectivity index (χ2v) is 6.76. The van der Waals surface area contributed by atoms with Crippen LogP contribution in [0.3, 0.4) is 0 Å². The quantitative estimate of drug-likeness (QED) is 0.438. The van der Waals surface area contributed by atoms with Crippen LogP contribution in [0.2, 0.25) is 0 Å². The summed E-state index contributed by atoms with van der Waals surface area (Å²) < 4.78 is 0. The molecule has 0 aromatic heterocycles. The van der Waals surface area contributed by atoms with E-state index in [9.17, 15) is 24.9 Å². The third-order valence-electron chi connectivity index (χ3n) is 4.51. The van der Waals surface area contributed by atoms with Gasteiger partial charge >= 0.3 is 0 Å². The molecule has 2 aromatic carbocycles. The molecule has 1 amide bonds. The number of aromatic hydroxyl groups is 1. The third kappa shape index (κ3) is 3.57. The molecule has 6 heteroatoms. The standard InChI is InChI=1S/C21H21NO5/c1-12-6-8-14(9-7-12)19(25)17-18(15-4-3-5-16(24)10-15)22(11-13(2)23)21(27)20(17)26/h3-10,13,18,23-25H,11H2,1-2H3/t13-,18-/m0/s1. The minimum absolute atomic E-state index is 0.0227. The number of Topliss-reactive ketones (excluding diaryl/α,β-unsaturated/α-hetero) is 1. The van der Waals surface area contributed by atoms with Crippen molar-refractivity contribution in [1.29, 1.82) is 0 Å². The van der Waals surface area contributed by atoms with Crippen molar-refractivity contribution in [3.8, 4) is 5.75 Å². The van der Waals surface area contributed by atoms with E-state index in [1.165, 1.54) is 24.0 Å². The van der Waals surface area contributed by atoms with Crippen molar-refractivity contribution < 1.29 is 24.9 Å². The number of aliphatic hydroxyl groups is 2. The van der Waals surface area contributed by atoms with Gasteiger partial charge in [-0.25, -0.2) is 0 Å². The Morgan fingerprint density at radius 2 is 1.81 bits per heavy atom. The lowest BCUT2D eigenvalue weighted by atomic mass is 9.95. The smallest absolute Gasteiger partial charge is 0.295 e. The fourth-order valence-electron chi connectivity index (χ4n) is 3.26. The molecular formula is C21H21NO5. The Morgan fingerprint density at radius 3 is 2.41 bits per heavy atom. The van der Waals surface area contributed by atoms with Gasteiger partial charge in [-0.15, -0.1) is 0 Å². The number of carbonyl (C=O) groups excluding carboxylic acids is 2. The Labute approximate surface area is 157 Å². The van der Waals surface area contributed by atoms with Gasteiger partial charge in [0, 0.05) is 12.1 Å². The van der Waals surface area contributed by atoms with E-state index in [-0.39, 0.29) is 23.6 Å². The van der Waals surface area contributed by atoms with Gasteiger partial charge in [0.2, 0.25) is 0 Å². The lowest BCUT2D eigenvalue weighted by Crippen LogP contribution is -2.35. The number of phenolic OH excluding ortho intramolecular Hbond substituents is 1. The highest BCUT2D eigenvalue weighted by atomic mass is 16.3. The molecule has 1 fully saturated rings. The SMILES string of the molecule is Cc1ccc(C(O)=C2C(=O)C(=O)N(C[C@H](C)O)[C@H]2c2cccc(O)c2)cc1. The molecule has 1 saturated heterocycles. The molecule has 0 radical (unpaired) electrons. The van der Waals surface area contributed by atoms with Crippen LogP contribution in [0.25, 0.3) is 5.76 Å². The highest BCUT2D eigenvalue weighted by Crippen LogP contribution is 2.40. The van der Waals surface area contributed by atoms with E-state index >= 15 is 0 Å². The van der Waals surface area contributed by atoms with E-state index in [2.05, 4.69) is 0 Å². The highest BCUT2D eigenvalue weighted by Gasteiger charge is 2.46. The average Bonchev–Trinajstić information content (AvgIpc) is 2.86. The molecule has 0 unspecified atom stereocenters. The zero-order valence-electron chi connectivity index (χ0n) is 15.1. The maximum atomic E-state index is 12.7. The molecule has 1 aliphatic rings. The monoisotopic (exact) mass is 367 g/mol. The van der Waals surface area contributed by atoms with Crippen molar-refractivity contribution in [3.63, 3.8) is 0 Å². The molecule has 3 N–H and O–H groups in total. The fraction of sp³-hybridized carbons (Fsp3) is 0.238. The molecule has 27 heavy (non-hydrogen) atoms. The number of ketones is 1. The number of hydrogen-bond donors (Lipinski definition) is 3. The average molecular weight is 367 g/mol. The molecule has 3 rings (SSSR count). The van der Waals surface area contributed by atoms with Gasteiger partial charge in [-0.1, -0.05) is 42.0 Å². The van der Waals surface area contributed by atoms with Crippen LogP contribution in [0, 0.1) is 6.92 Å². The van der Waals surface area contributed by atoms with Crippen LogP contribution in [0.4, 0.5) is 0 Å². The predicted molar refractivity (Wildman–Crippen MR) is 100.0 cm³/mol. The summed E-state index contributed by atoms with van der Waals surface area (Å²) in [4.78, 5) is 26.5. The van der Waals surface area contributed by atoms with Crippen LogP contribution >= 0.6 is 0 Å². The minimum Gasteiger partial charge on any atom is -0.508 e. The van der Waals surface area contributed by atoms with Crippen LogP contribution < -0.4 is 0 Å². The van der Waals surface area contributed by atoms with Crippen molar-refractivity contribution in [1.82, 2.24) is 4.90 Å². The van der Waals surface area contributed by atoms with E-state index in [1.54, 1.807) is 36.4 Å². The van der Waals surface area contributed by atoms with Gasteiger partial charge in [0.25, 0.3) is 11.7 Å². The Hall–Kier alpha value is -3.12. The molecule has 2 atom stereocenters. The molecule has 0 spiro atoms. The lowest BCUT2D eigenvalue weighted by Gasteiger charge is -2.26. The van der Waals surface area contributed by atoms with E-state index in [4.69, 9.17) is 0 Å². The fourth-order valence-corrected chi connectivity index (χ4v) is 3.26. The van der Waals surface area contributed by atoms with Gasteiger partial charge in [-0.3, -0.25) is 9.59 Å². The normalized spacial score (nSPS) is 20.1. The van der Waals surface area contributed by atoms with Crippen LogP contribution in [0.15, 0.2) is 54.1 Å². The molecule has 1 heterocycles. The van der Waals surface area contributed by atoms with Gasteiger partial charge < -0.3 is 20.2 Å². The van der Waals surface area contributed by atoms with Crippen LogP contribution in [0.5, 0.6) is 5.75 Å². The van der Waals surface area contributed by atoms with Crippen molar-refractivity contribution in [2.24, 2.45) is 0 Å². The molecular weight excluding hydrogens is 346 g/mol. The predicted octanol–water partition coefficient (Wildman–Crippen LogP) is 2.50. The van der Waals surface area contributed by atoms with Crippen molar-refractivity contribution in [2.45, 2.75) is 26.0 Å². The first-order valence-electron chi connectivity index (χ1n) is 8.62. The topological polar surface area (TPSA) is 98.1 Å². The Morgan fingerprint density at radius 1 is 1.15 bits per heavy atom. The summed E-state index contributed by atoms with van der Waals surface area (Å²) in [5.41, 5.74) is 1.82. The van der Waals surface area contributed by atoms with E-state index in [1.807, 2.05) is 6.92 Å². The van der Waals surface area contributed by atoms with Crippen LogP contribution in [-0.4, -0.2) is 44.6 Å². The van der Waals surface area contributed by atoms with Gasteiger partial charge in [-0.05, 0) is 31.5 Å². The number of β-amino-alcohol motifs (C(OH)–C–C–N with tert-alkyl or cyclic N) is 1. The number of nitrogens with zero attached hydrogens (tertiary/aromatic N) is 1. The number of rotatable bonds is 4. The van der Waals surface area contributed by atoms with Gasteiger partial charge in [-0.2, -0.15) is 0 Å². The van der Waals surface area contributed by atoms with Crippen molar-refractivity contribution in [2.75, 3.05) is 6.54 Å². The maximum absolute atomic E-state index is 12.7. The number of aliphatic hydroxyl groups excluding tert-OH is 2. The molecule has 0 saturated carbocycles. The summed E-state index contributed by atoms with van der Waals surface area (Å²) in [5, 5.41) is 30.4. The van der Waals surface area contributed by atoms with E-state index < -0.39 is 23.8 Å². The number of aryl methyl sites for hydroxylation is 1. The molecule has 1 aliphatic heterocycles. The summed E-state index contributed by atoms with van der Waals surface area (Å²) >= 11 is 0. The summed E-state index contributed by atoms with van der Waals surface area (Å²) in [7, 11) is 0. The Bertz CT molecular complexity index is 914. The first kappa shape index (κ1) is 18.7. The molecule has 6 nitrogen and oxygen atoms in total. The third-order valence-corrected chi connectivity index (χ3v) is 4.51. The van der Waals surface area contributed by atoms with E-state index in [0.717, 1.165) is 5.56 Å². The Kier molecular flexibility index (Phi) is 5.01. The van der Waals surface area contributed by atoms with Gasteiger partial charge in [0.15, 0.2) is 0 Å². The number of carbonyl (C=O) groups is 2. The number of benzene rings is 2. The maximum Gasteiger partial charge on any atom is 0.295 e. The number of amides is 1. The van der Waals surface area contributed by atoms with Crippen LogP contribution in [0.1, 0.15) is 29.7 Å². The van der Waals surface area contributed by atoms with E-state index in [0.29, 0.717) is 11.1 Å². The molecule has 0 bridgehead atoms. The van der Waals surface area contributed by atoms with Gasteiger partial charge in [0.05, 0.1) is 17.7 Å². The summed E-state index contributed by atoms with van der Waals surface area (Å²) in [6.45, 7) is 3.34. The molecule has 140 valence electrons. The summed E-state index contributed by atoms with van der Waals surface area (Å²) in [5.74, 6) is -1.92. The summed E-state index contributed by atoms with van der Waals surface area (Å²) in [6, 6.07) is 12.2. The van der Waals surface area contributed by atoms with Crippen molar-refractivity contribution in [3.05, 3.63) is 70.8 Å². The first-order chi connectivity index (χ1) is 12.8. The first-order valence-corrected chi connectivity index (χ1v) is 8.62. The van der Waals surface area contributed by atoms with Gasteiger partial charge in [0.1, 0.15) is 11.5 Å². The van der Waals surface area contributed by atoms with Crippen LogP contribution in [-0.2, 0) is 9.59 Å². The lowest BCUT2D eigenvalue weighted by molar-refractivity contribution is -0.140. The Balaban J connectivity index is 2.19. The van der Waals surface area contributed by atoms with Crippen molar-refractivity contribution >= 4 is 17.4 Å². The minimum atomic E-state index is -0.895. The zero-order valence-corrected chi connectivity index (χ0v) is 15.1. The second-order valence-electron chi connectivity index (χ2n) is 6.76. The molecule has 2 aromatic rings. The number of likely N-dealkylation sites (tertiary alicyclic amines) is 1. The largest absolute Gasteiger partial charge is 0.508 e.